The van der Waals surface area contributed by atoms with Crippen molar-refractivity contribution in [3.63, 3.8) is 0 Å². The third-order valence-electron chi connectivity index (χ3n) is 3.12. The molecule has 0 saturated carbocycles. The van der Waals surface area contributed by atoms with Crippen LogP contribution in [0.1, 0.15) is 29.6 Å². The maximum Gasteiger partial charge on any atom is 0.231 e. The van der Waals surface area contributed by atoms with E-state index in [4.69, 9.17) is 14.2 Å². The van der Waals surface area contributed by atoms with Crippen LogP contribution in [-0.4, -0.2) is 19.2 Å². The summed E-state index contributed by atoms with van der Waals surface area (Å²) in [6.07, 6.45) is 8.17. The fourth-order valence-corrected chi connectivity index (χ4v) is 2.18. The van der Waals surface area contributed by atoms with Crippen LogP contribution in [0.4, 0.5) is 0 Å². The minimum absolute atomic E-state index is 0.0396. The van der Waals surface area contributed by atoms with Crippen LogP contribution in [-0.2, 0) is 0 Å². The number of ether oxygens (including phenoxy) is 3. The van der Waals surface area contributed by atoms with Crippen molar-refractivity contribution < 1.29 is 19.0 Å². The molecule has 0 amide bonds. The second-order valence-electron chi connectivity index (χ2n) is 4.38. The highest BCUT2D eigenvalue weighted by Gasteiger charge is 2.19. The Bertz CT molecular complexity index is 493. The Morgan fingerprint density at radius 3 is 2.83 bits per heavy atom. The van der Waals surface area contributed by atoms with Gasteiger partial charge < -0.3 is 14.2 Å². The Labute approximate surface area is 105 Å². The van der Waals surface area contributed by atoms with Crippen molar-refractivity contribution in [2.75, 3.05) is 6.79 Å². The average Bonchev–Trinajstić information content (AvgIpc) is 2.86. The Kier molecular flexibility index (Phi) is 2.92. The van der Waals surface area contributed by atoms with Crippen LogP contribution in [0.15, 0.2) is 24.3 Å². The van der Waals surface area contributed by atoms with Crippen LogP contribution in [0.3, 0.4) is 0 Å². The lowest BCUT2D eigenvalue weighted by molar-refractivity contribution is 0.111. The number of hydrogen-bond acceptors (Lipinski definition) is 4. The molecule has 0 bridgehead atoms. The van der Waals surface area contributed by atoms with Gasteiger partial charge in [-0.05, 0) is 31.4 Å². The van der Waals surface area contributed by atoms with E-state index in [1.807, 2.05) is 6.08 Å². The maximum atomic E-state index is 11.1. The van der Waals surface area contributed by atoms with Crippen molar-refractivity contribution in [1.29, 1.82) is 0 Å². The van der Waals surface area contributed by atoms with E-state index in [1.54, 1.807) is 12.1 Å². The lowest BCUT2D eigenvalue weighted by atomic mass is 10.1. The summed E-state index contributed by atoms with van der Waals surface area (Å²) in [5, 5.41) is 0. The van der Waals surface area contributed by atoms with Gasteiger partial charge in [0.05, 0.1) is 5.56 Å². The van der Waals surface area contributed by atoms with Gasteiger partial charge in [0, 0.05) is 6.07 Å². The summed E-state index contributed by atoms with van der Waals surface area (Å²) in [6, 6.07) is 3.39. The largest absolute Gasteiger partial charge is 0.485 e. The van der Waals surface area contributed by atoms with Crippen molar-refractivity contribution in [2.24, 2.45) is 0 Å². The number of benzene rings is 1. The number of allylic oxidation sites excluding steroid dienone is 1. The molecule has 2 aliphatic rings. The van der Waals surface area contributed by atoms with E-state index in [-0.39, 0.29) is 12.9 Å². The number of aldehydes is 1. The van der Waals surface area contributed by atoms with Crippen LogP contribution in [0.2, 0.25) is 0 Å². The second-order valence-corrected chi connectivity index (χ2v) is 4.38. The average molecular weight is 246 g/mol. The molecule has 1 aliphatic carbocycles. The zero-order chi connectivity index (χ0) is 12.4. The Hall–Kier alpha value is -1.97. The van der Waals surface area contributed by atoms with E-state index in [1.165, 1.54) is 0 Å². The lowest BCUT2D eigenvalue weighted by Crippen LogP contribution is -2.16. The van der Waals surface area contributed by atoms with Crippen molar-refractivity contribution >= 4 is 6.29 Å². The van der Waals surface area contributed by atoms with Gasteiger partial charge in [0.15, 0.2) is 17.8 Å². The summed E-state index contributed by atoms with van der Waals surface area (Å²) < 4.78 is 16.4. The monoisotopic (exact) mass is 246 g/mol. The van der Waals surface area contributed by atoms with Crippen molar-refractivity contribution in [2.45, 2.75) is 25.4 Å². The van der Waals surface area contributed by atoms with Gasteiger partial charge in [-0.3, -0.25) is 4.79 Å². The number of rotatable bonds is 3. The van der Waals surface area contributed by atoms with Crippen LogP contribution < -0.4 is 14.2 Å². The molecule has 18 heavy (non-hydrogen) atoms. The van der Waals surface area contributed by atoms with E-state index >= 15 is 0 Å². The van der Waals surface area contributed by atoms with E-state index < -0.39 is 0 Å². The molecule has 3 rings (SSSR count). The summed E-state index contributed by atoms with van der Waals surface area (Å²) in [5.41, 5.74) is 0.498. The van der Waals surface area contributed by atoms with E-state index in [0.29, 0.717) is 22.8 Å². The topological polar surface area (TPSA) is 44.8 Å². The van der Waals surface area contributed by atoms with Gasteiger partial charge in [-0.2, -0.15) is 0 Å². The smallest absolute Gasteiger partial charge is 0.231 e. The molecule has 94 valence electrons. The first kappa shape index (κ1) is 11.1. The molecule has 1 aromatic rings. The van der Waals surface area contributed by atoms with Crippen LogP contribution in [0, 0.1) is 0 Å². The van der Waals surface area contributed by atoms with Crippen LogP contribution in [0.5, 0.6) is 17.2 Å². The molecule has 4 heteroatoms. The van der Waals surface area contributed by atoms with Crippen molar-refractivity contribution in [1.82, 2.24) is 0 Å². The second kappa shape index (κ2) is 4.72. The minimum atomic E-state index is 0.0396. The molecular formula is C14H14O4. The minimum Gasteiger partial charge on any atom is -0.485 e. The first-order valence-electron chi connectivity index (χ1n) is 6.09. The summed E-state index contributed by atoms with van der Waals surface area (Å²) in [6.45, 7) is 0.195. The summed E-state index contributed by atoms with van der Waals surface area (Å²) in [5.74, 6) is 1.80. The van der Waals surface area contributed by atoms with Gasteiger partial charge in [0.25, 0.3) is 0 Å². The Morgan fingerprint density at radius 1 is 1.28 bits per heavy atom. The number of fused-ring (bicyclic) bond motifs is 1. The van der Waals surface area contributed by atoms with Gasteiger partial charge >= 0.3 is 0 Å². The molecule has 1 aromatic carbocycles. The molecule has 1 heterocycles. The summed E-state index contributed by atoms with van der Waals surface area (Å²) >= 11 is 0. The standard InChI is InChI=1S/C14H14O4/c15-8-10-6-13-14(17-9-16-13)7-12(10)18-11-4-2-1-3-5-11/h2,4,6-8,11H,1,3,5,9H2. The number of carbonyl (C=O) groups is 1. The molecule has 0 spiro atoms. The zero-order valence-corrected chi connectivity index (χ0v) is 9.93. The van der Waals surface area contributed by atoms with Crippen molar-refractivity contribution in [3.05, 3.63) is 29.8 Å². The molecule has 4 nitrogen and oxygen atoms in total. The van der Waals surface area contributed by atoms with Crippen LogP contribution in [0.25, 0.3) is 0 Å². The quantitative estimate of drug-likeness (QED) is 0.607. The number of carbonyl (C=O) groups excluding carboxylic acids is 1. The predicted octanol–water partition coefficient (Wildman–Crippen LogP) is 2.72. The molecular weight excluding hydrogens is 232 g/mol. The first-order valence-corrected chi connectivity index (χ1v) is 6.09. The molecule has 0 fully saturated rings. The van der Waals surface area contributed by atoms with E-state index in [0.717, 1.165) is 25.5 Å². The molecule has 1 unspecified atom stereocenters. The third kappa shape index (κ3) is 2.06. The highest BCUT2D eigenvalue weighted by atomic mass is 16.7. The molecule has 1 aliphatic heterocycles. The number of hydrogen-bond donors (Lipinski definition) is 0. The van der Waals surface area contributed by atoms with Crippen molar-refractivity contribution in [3.8, 4) is 17.2 Å². The summed E-state index contributed by atoms with van der Waals surface area (Å²) in [7, 11) is 0. The highest BCUT2D eigenvalue weighted by molar-refractivity contribution is 5.81. The lowest BCUT2D eigenvalue weighted by Gasteiger charge is -2.19. The summed E-state index contributed by atoms with van der Waals surface area (Å²) in [4.78, 5) is 11.1. The SMILES string of the molecule is O=Cc1cc2c(cc1OC1C=CCCC1)OCO2. The van der Waals surface area contributed by atoms with Gasteiger partial charge in [-0.1, -0.05) is 6.08 Å². The highest BCUT2D eigenvalue weighted by Crippen LogP contribution is 2.38. The Morgan fingerprint density at radius 2 is 2.11 bits per heavy atom. The maximum absolute atomic E-state index is 11.1. The normalized spacial score (nSPS) is 20.8. The van der Waals surface area contributed by atoms with E-state index in [9.17, 15) is 4.79 Å². The molecule has 0 aromatic heterocycles. The van der Waals surface area contributed by atoms with E-state index in [2.05, 4.69) is 6.08 Å². The van der Waals surface area contributed by atoms with Crippen LogP contribution >= 0.6 is 0 Å². The molecule has 0 N–H and O–H groups in total. The molecule has 0 radical (unpaired) electrons. The Balaban J connectivity index is 1.88. The van der Waals surface area contributed by atoms with Gasteiger partial charge in [-0.25, -0.2) is 0 Å². The fraction of sp³-hybridized carbons (Fsp3) is 0.357. The van der Waals surface area contributed by atoms with Gasteiger partial charge in [0.2, 0.25) is 6.79 Å². The zero-order valence-electron chi connectivity index (χ0n) is 9.93. The molecule has 1 atom stereocenters. The third-order valence-corrected chi connectivity index (χ3v) is 3.12. The van der Waals surface area contributed by atoms with Gasteiger partial charge in [0.1, 0.15) is 11.9 Å². The first-order chi connectivity index (χ1) is 8.86. The van der Waals surface area contributed by atoms with Gasteiger partial charge in [-0.15, -0.1) is 0 Å². The molecule has 0 saturated heterocycles. The fourth-order valence-electron chi connectivity index (χ4n) is 2.18. The predicted molar refractivity (Wildman–Crippen MR) is 65.4 cm³/mol.